The maximum absolute atomic E-state index is 13.7. The fourth-order valence-electron chi connectivity index (χ4n) is 5.22. The van der Waals surface area contributed by atoms with Crippen LogP contribution in [0.2, 0.25) is 0 Å². The Balaban J connectivity index is 1.61. The van der Waals surface area contributed by atoms with Crippen LogP contribution in [-0.2, 0) is 16.1 Å². The molecule has 32 heavy (non-hydrogen) atoms. The number of ether oxygens (including phenoxy) is 1. The monoisotopic (exact) mass is 443 g/mol. The Morgan fingerprint density at radius 1 is 1.22 bits per heavy atom. The molecular formula is C25H37N3O4. The van der Waals surface area contributed by atoms with E-state index >= 15 is 0 Å². The molecule has 7 heteroatoms. The van der Waals surface area contributed by atoms with E-state index in [1.807, 2.05) is 37.5 Å². The first-order valence-corrected chi connectivity index (χ1v) is 12.2. The lowest BCUT2D eigenvalue weighted by molar-refractivity contribution is -0.133. The number of hydrogen-bond donors (Lipinski definition) is 1. The third kappa shape index (κ3) is 4.45. The van der Waals surface area contributed by atoms with Gasteiger partial charge >= 0.3 is 0 Å². The lowest BCUT2D eigenvalue weighted by Gasteiger charge is -2.44. The van der Waals surface area contributed by atoms with E-state index in [1.165, 1.54) is 19.3 Å². The number of aryl methyl sites for hydroxylation is 1. The summed E-state index contributed by atoms with van der Waals surface area (Å²) in [6.45, 7) is 7.89. The van der Waals surface area contributed by atoms with Gasteiger partial charge in [-0.15, -0.1) is 0 Å². The Hall–Kier alpha value is -2.28. The summed E-state index contributed by atoms with van der Waals surface area (Å²) in [5, 5.41) is 3.32. The summed E-state index contributed by atoms with van der Waals surface area (Å²) in [7, 11) is 0. The minimum absolute atomic E-state index is 0.0550. The van der Waals surface area contributed by atoms with E-state index in [-0.39, 0.29) is 17.9 Å². The predicted octanol–water partition coefficient (Wildman–Crippen LogP) is 4.41. The lowest BCUT2D eigenvalue weighted by atomic mass is 9.92. The molecule has 1 aliphatic carbocycles. The summed E-state index contributed by atoms with van der Waals surface area (Å²) in [4.78, 5) is 29.1. The number of rotatable bonds is 7. The number of carbonyl (C=O) groups excluding carboxylic acids is 2. The molecule has 1 N–H and O–H groups in total. The first-order valence-electron chi connectivity index (χ1n) is 12.2. The van der Waals surface area contributed by atoms with Gasteiger partial charge in [-0.2, -0.15) is 0 Å². The van der Waals surface area contributed by atoms with Crippen LogP contribution in [0.3, 0.4) is 0 Å². The van der Waals surface area contributed by atoms with Gasteiger partial charge in [0.15, 0.2) is 5.58 Å². The van der Waals surface area contributed by atoms with Gasteiger partial charge in [-0.1, -0.05) is 32.1 Å². The molecule has 1 unspecified atom stereocenters. The molecular weight excluding hydrogens is 406 g/mol. The summed E-state index contributed by atoms with van der Waals surface area (Å²) in [5.74, 6) is 0.630. The van der Waals surface area contributed by atoms with E-state index in [4.69, 9.17) is 9.15 Å². The Morgan fingerprint density at radius 3 is 2.66 bits per heavy atom. The summed E-state index contributed by atoms with van der Waals surface area (Å²) in [6.07, 6.45) is 8.77. The zero-order chi connectivity index (χ0) is 22.7. The van der Waals surface area contributed by atoms with Gasteiger partial charge < -0.3 is 23.9 Å². The predicted molar refractivity (Wildman–Crippen MR) is 124 cm³/mol. The molecule has 0 saturated heterocycles. The van der Waals surface area contributed by atoms with Crippen LogP contribution < -0.4 is 5.32 Å². The van der Waals surface area contributed by atoms with Crippen molar-refractivity contribution >= 4 is 22.9 Å². The third-order valence-electron chi connectivity index (χ3n) is 7.04. The van der Waals surface area contributed by atoms with Crippen LogP contribution in [0.15, 0.2) is 16.5 Å². The number of nitrogens with zero attached hydrogens (tertiary/aromatic N) is 2. The Kier molecular flexibility index (Phi) is 6.93. The van der Waals surface area contributed by atoms with Gasteiger partial charge in [0.05, 0.1) is 12.1 Å². The Bertz CT molecular complexity index is 954. The quantitative estimate of drug-likeness (QED) is 0.643. The number of amides is 2. The van der Waals surface area contributed by atoms with Gasteiger partial charge in [0.1, 0.15) is 17.0 Å². The molecule has 2 amide bonds. The molecule has 2 aromatic heterocycles. The van der Waals surface area contributed by atoms with Crippen molar-refractivity contribution in [1.82, 2.24) is 14.8 Å². The molecule has 2 aromatic rings. The van der Waals surface area contributed by atoms with E-state index in [0.717, 1.165) is 37.0 Å². The molecule has 1 saturated carbocycles. The molecule has 0 bridgehead atoms. The highest BCUT2D eigenvalue weighted by Crippen LogP contribution is 2.34. The summed E-state index contributed by atoms with van der Waals surface area (Å²) in [6, 6.07) is 3.94. The molecule has 7 nitrogen and oxygen atoms in total. The molecule has 0 aromatic carbocycles. The maximum Gasteiger partial charge on any atom is 0.271 e. The minimum Gasteiger partial charge on any atom is -0.460 e. The average molecular weight is 444 g/mol. The minimum atomic E-state index is -0.963. The molecule has 4 rings (SSSR count). The van der Waals surface area contributed by atoms with E-state index in [9.17, 15) is 9.59 Å². The van der Waals surface area contributed by atoms with Gasteiger partial charge in [0.25, 0.3) is 5.91 Å². The van der Waals surface area contributed by atoms with Crippen LogP contribution in [0.25, 0.3) is 11.1 Å². The highest BCUT2D eigenvalue weighted by Gasteiger charge is 2.48. The highest BCUT2D eigenvalue weighted by molar-refractivity contribution is 6.03. The number of carbonyl (C=O) groups is 2. The second-order valence-electron chi connectivity index (χ2n) is 9.52. The van der Waals surface area contributed by atoms with Gasteiger partial charge in [0.2, 0.25) is 5.91 Å². The highest BCUT2D eigenvalue weighted by atomic mass is 16.5. The second-order valence-corrected chi connectivity index (χ2v) is 9.52. The van der Waals surface area contributed by atoms with E-state index < -0.39 is 5.54 Å². The van der Waals surface area contributed by atoms with Crippen LogP contribution in [0.4, 0.5) is 0 Å². The normalized spacial score (nSPS) is 22.6. The fraction of sp³-hybridized carbons (Fsp3) is 0.680. The SMILES string of the molecule is CCOCCCN1C(=O)c2cc3oc(C)cc3n2CC1(C)C(=O)NC1CCCCCCC1. The van der Waals surface area contributed by atoms with Gasteiger partial charge in [-0.05, 0) is 40.0 Å². The first-order chi connectivity index (χ1) is 15.4. The maximum atomic E-state index is 13.7. The molecule has 1 aliphatic heterocycles. The number of hydrogen-bond acceptors (Lipinski definition) is 4. The van der Waals surface area contributed by atoms with Crippen LogP contribution in [0.1, 0.15) is 81.5 Å². The fourth-order valence-corrected chi connectivity index (χ4v) is 5.22. The molecule has 3 heterocycles. The van der Waals surface area contributed by atoms with E-state index in [2.05, 4.69) is 5.32 Å². The molecule has 1 atom stereocenters. The molecule has 176 valence electrons. The molecule has 0 spiro atoms. The van der Waals surface area contributed by atoms with Crippen LogP contribution in [-0.4, -0.2) is 52.6 Å². The van der Waals surface area contributed by atoms with Crippen molar-refractivity contribution in [2.24, 2.45) is 0 Å². The third-order valence-corrected chi connectivity index (χ3v) is 7.04. The standard InChI is InChI=1S/C25H37N3O4/c1-4-31-14-10-13-28-23(29)21-16-22-20(15-18(2)32-22)27(21)17-25(28,3)24(30)26-19-11-8-6-5-7-9-12-19/h15-16,19H,4-14,17H2,1-3H3,(H,26,30). The number of fused-ring (bicyclic) bond motifs is 3. The summed E-state index contributed by atoms with van der Waals surface area (Å²) < 4.78 is 13.2. The molecule has 1 fully saturated rings. The second kappa shape index (κ2) is 9.69. The van der Waals surface area contributed by atoms with E-state index in [1.54, 1.807) is 4.90 Å². The number of nitrogens with one attached hydrogen (secondary N) is 1. The van der Waals surface area contributed by atoms with E-state index in [0.29, 0.717) is 44.0 Å². The zero-order valence-corrected chi connectivity index (χ0v) is 19.7. The van der Waals surface area contributed by atoms with Crippen LogP contribution in [0.5, 0.6) is 0 Å². The lowest BCUT2D eigenvalue weighted by Crippen LogP contribution is -2.65. The van der Waals surface area contributed by atoms with Crippen molar-refractivity contribution in [2.75, 3.05) is 19.8 Å². The van der Waals surface area contributed by atoms with Crippen molar-refractivity contribution in [3.05, 3.63) is 23.6 Å². The number of furan rings is 1. The average Bonchev–Trinajstić information content (AvgIpc) is 3.26. The Morgan fingerprint density at radius 2 is 1.94 bits per heavy atom. The van der Waals surface area contributed by atoms with Gasteiger partial charge in [-0.3, -0.25) is 9.59 Å². The summed E-state index contributed by atoms with van der Waals surface area (Å²) in [5.41, 5.74) is 1.21. The smallest absolute Gasteiger partial charge is 0.271 e. The largest absolute Gasteiger partial charge is 0.460 e. The van der Waals surface area contributed by atoms with Crippen molar-refractivity contribution in [3.63, 3.8) is 0 Å². The van der Waals surface area contributed by atoms with Crippen LogP contribution in [0, 0.1) is 6.92 Å². The first kappa shape index (κ1) is 22.9. The zero-order valence-electron chi connectivity index (χ0n) is 19.7. The Labute approximate surface area is 190 Å². The van der Waals surface area contributed by atoms with Crippen molar-refractivity contribution < 1.29 is 18.7 Å². The topological polar surface area (TPSA) is 76.7 Å². The van der Waals surface area contributed by atoms with Crippen LogP contribution >= 0.6 is 0 Å². The van der Waals surface area contributed by atoms with Crippen molar-refractivity contribution in [1.29, 1.82) is 0 Å². The molecule has 0 radical (unpaired) electrons. The van der Waals surface area contributed by atoms with Crippen molar-refractivity contribution in [2.45, 2.75) is 90.3 Å². The van der Waals surface area contributed by atoms with Gasteiger partial charge in [-0.25, -0.2) is 0 Å². The van der Waals surface area contributed by atoms with Crippen molar-refractivity contribution in [3.8, 4) is 0 Å². The summed E-state index contributed by atoms with van der Waals surface area (Å²) >= 11 is 0. The van der Waals surface area contributed by atoms with Gasteiger partial charge in [0, 0.05) is 37.9 Å². The number of aromatic nitrogens is 1. The molecule has 2 aliphatic rings.